The third kappa shape index (κ3) is 2.74. The van der Waals surface area contributed by atoms with Gasteiger partial charge in [0, 0.05) is 36.4 Å². The molecule has 1 atom stereocenters. The van der Waals surface area contributed by atoms with E-state index in [9.17, 15) is 0 Å². The molecular formula is C14H18ClN3. The molecule has 0 fully saturated rings. The Morgan fingerprint density at radius 1 is 1.44 bits per heavy atom. The number of halogens is 1. The minimum atomic E-state index is -0.0733. The average Bonchev–Trinajstić information content (AvgIpc) is 2.79. The second-order valence-electron chi connectivity index (χ2n) is 4.45. The van der Waals surface area contributed by atoms with Crippen molar-refractivity contribution in [3.63, 3.8) is 0 Å². The van der Waals surface area contributed by atoms with Gasteiger partial charge < -0.3 is 10.3 Å². The molecule has 0 aliphatic rings. The number of rotatable bonds is 4. The molecule has 0 aliphatic heterocycles. The molecule has 1 heterocycles. The molecule has 0 spiro atoms. The molecule has 0 saturated carbocycles. The maximum Gasteiger partial charge on any atom is 0.110 e. The fourth-order valence-electron chi connectivity index (χ4n) is 1.97. The molecule has 1 unspecified atom stereocenters. The number of imidazole rings is 1. The molecule has 2 N–H and O–H groups in total. The lowest BCUT2D eigenvalue weighted by Gasteiger charge is -2.13. The standard InChI is InChI=1S/C14H18ClN3/c1-3-18-7-6-17-14(18)9-13(16)11-5-4-10(2)12(15)8-11/h4-8,13H,3,9,16H2,1-2H3. The highest BCUT2D eigenvalue weighted by molar-refractivity contribution is 6.31. The zero-order chi connectivity index (χ0) is 13.1. The van der Waals surface area contributed by atoms with Crippen molar-refractivity contribution in [2.24, 2.45) is 5.73 Å². The van der Waals surface area contributed by atoms with Gasteiger partial charge in [0.05, 0.1) is 0 Å². The highest BCUT2D eigenvalue weighted by Crippen LogP contribution is 2.22. The molecular weight excluding hydrogens is 246 g/mol. The molecule has 96 valence electrons. The van der Waals surface area contributed by atoms with Crippen molar-refractivity contribution in [1.82, 2.24) is 9.55 Å². The third-order valence-electron chi connectivity index (χ3n) is 3.17. The Hall–Kier alpha value is -1.32. The number of nitrogens with two attached hydrogens (primary N) is 1. The average molecular weight is 264 g/mol. The number of hydrogen-bond acceptors (Lipinski definition) is 2. The maximum absolute atomic E-state index is 6.22. The molecule has 1 aromatic heterocycles. The smallest absolute Gasteiger partial charge is 0.110 e. The molecule has 0 radical (unpaired) electrons. The van der Waals surface area contributed by atoms with E-state index in [1.54, 1.807) is 0 Å². The van der Waals surface area contributed by atoms with E-state index >= 15 is 0 Å². The summed E-state index contributed by atoms with van der Waals surface area (Å²) in [5.41, 5.74) is 8.34. The summed E-state index contributed by atoms with van der Waals surface area (Å²) in [6, 6.07) is 5.91. The van der Waals surface area contributed by atoms with E-state index in [4.69, 9.17) is 17.3 Å². The van der Waals surface area contributed by atoms with Crippen molar-refractivity contribution in [3.8, 4) is 0 Å². The van der Waals surface area contributed by atoms with Crippen LogP contribution in [0, 0.1) is 6.92 Å². The van der Waals surface area contributed by atoms with Crippen molar-refractivity contribution in [1.29, 1.82) is 0 Å². The third-order valence-corrected chi connectivity index (χ3v) is 3.58. The Morgan fingerprint density at radius 3 is 2.89 bits per heavy atom. The van der Waals surface area contributed by atoms with Gasteiger partial charge >= 0.3 is 0 Å². The van der Waals surface area contributed by atoms with Crippen molar-refractivity contribution in [3.05, 3.63) is 52.6 Å². The molecule has 4 heteroatoms. The van der Waals surface area contributed by atoms with Gasteiger partial charge in [-0.3, -0.25) is 0 Å². The molecule has 2 rings (SSSR count). The van der Waals surface area contributed by atoms with Crippen LogP contribution in [0.1, 0.15) is 29.9 Å². The van der Waals surface area contributed by atoms with Crippen LogP contribution < -0.4 is 5.73 Å². The SMILES string of the molecule is CCn1ccnc1CC(N)c1ccc(C)c(Cl)c1. The second kappa shape index (κ2) is 5.55. The lowest BCUT2D eigenvalue weighted by Crippen LogP contribution is -2.16. The molecule has 0 bridgehead atoms. The summed E-state index contributed by atoms with van der Waals surface area (Å²) < 4.78 is 2.11. The fraction of sp³-hybridized carbons (Fsp3) is 0.357. The van der Waals surface area contributed by atoms with Crippen LogP contribution in [-0.2, 0) is 13.0 Å². The van der Waals surface area contributed by atoms with Gasteiger partial charge in [0.15, 0.2) is 0 Å². The van der Waals surface area contributed by atoms with Gasteiger partial charge in [-0.25, -0.2) is 4.98 Å². The summed E-state index contributed by atoms with van der Waals surface area (Å²) in [6.07, 6.45) is 4.51. The van der Waals surface area contributed by atoms with E-state index in [1.807, 2.05) is 37.5 Å². The Morgan fingerprint density at radius 2 is 2.22 bits per heavy atom. The van der Waals surface area contributed by atoms with E-state index in [0.29, 0.717) is 0 Å². The largest absolute Gasteiger partial charge is 0.335 e. The first-order chi connectivity index (χ1) is 8.61. The number of aryl methyl sites for hydroxylation is 2. The fourth-order valence-corrected chi connectivity index (χ4v) is 2.16. The van der Waals surface area contributed by atoms with Crippen LogP contribution in [0.5, 0.6) is 0 Å². The van der Waals surface area contributed by atoms with Gasteiger partial charge in [-0.05, 0) is 31.0 Å². The predicted octanol–water partition coefficient (Wildman–Crippen LogP) is 3.11. The summed E-state index contributed by atoms with van der Waals surface area (Å²) in [5, 5.41) is 0.766. The van der Waals surface area contributed by atoms with Gasteiger partial charge in [-0.1, -0.05) is 23.7 Å². The highest BCUT2D eigenvalue weighted by Gasteiger charge is 2.11. The van der Waals surface area contributed by atoms with Crippen LogP contribution in [0.2, 0.25) is 5.02 Å². The molecule has 3 nitrogen and oxygen atoms in total. The van der Waals surface area contributed by atoms with Gasteiger partial charge in [0.2, 0.25) is 0 Å². The van der Waals surface area contributed by atoms with Crippen LogP contribution >= 0.6 is 11.6 Å². The quantitative estimate of drug-likeness (QED) is 0.921. The highest BCUT2D eigenvalue weighted by atomic mass is 35.5. The topological polar surface area (TPSA) is 43.8 Å². The molecule has 0 saturated heterocycles. The minimum absolute atomic E-state index is 0.0733. The Bertz CT molecular complexity index is 534. The van der Waals surface area contributed by atoms with Crippen LogP contribution in [0.4, 0.5) is 0 Å². The van der Waals surface area contributed by atoms with Gasteiger partial charge in [-0.15, -0.1) is 0 Å². The van der Waals surface area contributed by atoms with E-state index in [2.05, 4.69) is 16.5 Å². The molecule has 2 aromatic rings. The molecule has 0 aliphatic carbocycles. The second-order valence-corrected chi connectivity index (χ2v) is 4.86. The summed E-state index contributed by atoms with van der Waals surface area (Å²) in [6.45, 7) is 5.00. The minimum Gasteiger partial charge on any atom is -0.335 e. The lowest BCUT2D eigenvalue weighted by molar-refractivity contribution is 0.628. The lowest BCUT2D eigenvalue weighted by atomic mass is 10.0. The van der Waals surface area contributed by atoms with E-state index in [0.717, 1.165) is 34.9 Å². The first-order valence-corrected chi connectivity index (χ1v) is 6.51. The summed E-state index contributed by atoms with van der Waals surface area (Å²) in [4.78, 5) is 4.34. The van der Waals surface area contributed by atoms with Gasteiger partial charge in [0.1, 0.15) is 5.82 Å². The zero-order valence-corrected chi connectivity index (χ0v) is 11.5. The molecule has 18 heavy (non-hydrogen) atoms. The number of nitrogens with zero attached hydrogens (tertiary/aromatic N) is 2. The van der Waals surface area contributed by atoms with Crippen molar-refractivity contribution < 1.29 is 0 Å². The van der Waals surface area contributed by atoms with Crippen LogP contribution in [0.25, 0.3) is 0 Å². The number of benzene rings is 1. The van der Waals surface area contributed by atoms with Crippen LogP contribution in [0.15, 0.2) is 30.6 Å². The van der Waals surface area contributed by atoms with Crippen molar-refractivity contribution >= 4 is 11.6 Å². The molecule has 0 amide bonds. The predicted molar refractivity (Wildman–Crippen MR) is 74.7 cm³/mol. The monoisotopic (exact) mass is 263 g/mol. The summed E-state index contributed by atoms with van der Waals surface area (Å²) in [5.74, 6) is 1.02. The van der Waals surface area contributed by atoms with Gasteiger partial charge in [0.25, 0.3) is 0 Å². The normalized spacial score (nSPS) is 12.7. The first kappa shape index (κ1) is 13.1. The number of aromatic nitrogens is 2. The van der Waals surface area contributed by atoms with Crippen LogP contribution in [0.3, 0.4) is 0 Å². The van der Waals surface area contributed by atoms with Crippen molar-refractivity contribution in [2.45, 2.75) is 32.9 Å². The van der Waals surface area contributed by atoms with Crippen molar-refractivity contribution in [2.75, 3.05) is 0 Å². The Labute approximate surface area is 113 Å². The van der Waals surface area contributed by atoms with E-state index < -0.39 is 0 Å². The first-order valence-electron chi connectivity index (χ1n) is 6.13. The van der Waals surface area contributed by atoms with E-state index in [-0.39, 0.29) is 6.04 Å². The summed E-state index contributed by atoms with van der Waals surface area (Å²) in [7, 11) is 0. The zero-order valence-electron chi connectivity index (χ0n) is 10.7. The Balaban J connectivity index is 2.16. The maximum atomic E-state index is 6.22. The Kier molecular flexibility index (Phi) is 4.04. The van der Waals surface area contributed by atoms with Gasteiger partial charge in [-0.2, -0.15) is 0 Å². The van der Waals surface area contributed by atoms with E-state index in [1.165, 1.54) is 0 Å². The molecule has 1 aromatic carbocycles. The summed E-state index contributed by atoms with van der Waals surface area (Å²) >= 11 is 6.12. The van der Waals surface area contributed by atoms with Crippen LogP contribution in [-0.4, -0.2) is 9.55 Å². The number of hydrogen-bond donors (Lipinski definition) is 1.